The molecule has 3 rings (SSSR count). The van der Waals surface area contributed by atoms with E-state index in [-0.39, 0.29) is 17.5 Å². The molecule has 0 saturated carbocycles. The Morgan fingerprint density at radius 2 is 2.15 bits per heavy atom. The summed E-state index contributed by atoms with van der Waals surface area (Å²) in [5, 5.41) is 19.1. The lowest BCUT2D eigenvalue weighted by Crippen LogP contribution is -1.98. The molecule has 0 bridgehead atoms. The van der Waals surface area contributed by atoms with E-state index >= 15 is 0 Å². The number of hydrogen-bond acceptors (Lipinski definition) is 6. The predicted octanol–water partition coefficient (Wildman–Crippen LogP) is 5.11. The van der Waals surface area contributed by atoms with Gasteiger partial charge in [0, 0.05) is 22.4 Å². The van der Waals surface area contributed by atoms with Crippen LogP contribution in [-0.4, -0.2) is 20.1 Å². The van der Waals surface area contributed by atoms with E-state index in [0.29, 0.717) is 21.8 Å². The average molecular weight is 405 g/mol. The zero-order valence-electron chi connectivity index (χ0n) is 14.7. The first-order valence-electron chi connectivity index (χ1n) is 8.13. The molecule has 3 aromatic rings. The van der Waals surface area contributed by atoms with E-state index in [4.69, 9.17) is 16.3 Å². The Hall–Kier alpha value is -2.58. The first-order chi connectivity index (χ1) is 12.9. The topological polar surface area (TPSA) is 93.9 Å². The van der Waals surface area contributed by atoms with Crippen molar-refractivity contribution in [3.05, 3.63) is 74.6 Å². The lowest BCUT2D eigenvalue weighted by molar-refractivity contribution is -0.384. The molecule has 9 heteroatoms. The van der Waals surface area contributed by atoms with Crippen molar-refractivity contribution in [2.24, 2.45) is 0 Å². The van der Waals surface area contributed by atoms with Gasteiger partial charge in [0.15, 0.2) is 5.82 Å². The minimum Gasteiger partial charge on any atom is -0.486 e. The van der Waals surface area contributed by atoms with Crippen molar-refractivity contribution in [1.82, 2.24) is 15.2 Å². The van der Waals surface area contributed by atoms with Gasteiger partial charge in [0.25, 0.3) is 5.69 Å². The molecule has 7 nitrogen and oxygen atoms in total. The normalized spacial score (nSPS) is 12.0. The SMILES string of the molecule is Cc1cc(OCc2nc(S[C@@H](C)c3cccc([N+](=O)[O-])c3)n[nH]2)ccc1Cl. The summed E-state index contributed by atoms with van der Waals surface area (Å²) >= 11 is 7.42. The molecular formula is C18H17ClN4O3S. The van der Waals surface area contributed by atoms with Gasteiger partial charge in [0.2, 0.25) is 5.16 Å². The molecule has 140 valence electrons. The molecule has 1 aromatic heterocycles. The second kappa shape index (κ2) is 8.41. The van der Waals surface area contributed by atoms with Gasteiger partial charge in [-0.1, -0.05) is 35.5 Å². The fourth-order valence-corrected chi connectivity index (χ4v) is 3.35. The zero-order chi connectivity index (χ0) is 19.4. The highest BCUT2D eigenvalue weighted by molar-refractivity contribution is 7.99. The van der Waals surface area contributed by atoms with Crippen LogP contribution in [0.15, 0.2) is 47.6 Å². The highest BCUT2D eigenvalue weighted by atomic mass is 35.5. The molecule has 0 radical (unpaired) electrons. The number of ether oxygens (including phenoxy) is 1. The number of halogens is 1. The number of aromatic nitrogens is 3. The number of hydrogen-bond donors (Lipinski definition) is 1. The first-order valence-corrected chi connectivity index (χ1v) is 9.39. The third-order valence-electron chi connectivity index (χ3n) is 3.85. The van der Waals surface area contributed by atoms with Crippen molar-refractivity contribution in [1.29, 1.82) is 0 Å². The second-order valence-corrected chi connectivity index (χ2v) is 7.59. The van der Waals surface area contributed by atoms with Gasteiger partial charge in [-0.3, -0.25) is 15.2 Å². The fraction of sp³-hybridized carbons (Fsp3) is 0.222. The molecule has 0 aliphatic carbocycles. The van der Waals surface area contributed by atoms with Crippen molar-refractivity contribution < 1.29 is 9.66 Å². The maximum atomic E-state index is 10.9. The third kappa shape index (κ3) is 4.99. The molecule has 0 spiro atoms. The monoisotopic (exact) mass is 404 g/mol. The molecule has 0 saturated heterocycles. The molecule has 0 aliphatic rings. The smallest absolute Gasteiger partial charge is 0.269 e. The number of benzene rings is 2. The summed E-state index contributed by atoms with van der Waals surface area (Å²) in [6, 6.07) is 12.0. The van der Waals surface area contributed by atoms with Crippen molar-refractivity contribution in [3.8, 4) is 5.75 Å². The van der Waals surface area contributed by atoms with Gasteiger partial charge in [-0.2, -0.15) is 0 Å². The summed E-state index contributed by atoms with van der Waals surface area (Å²) in [5.41, 5.74) is 1.85. The number of nitro groups is 1. The minimum absolute atomic E-state index is 0.0339. The number of H-pyrrole nitrogens is 1. The first kappa shape index (κ1) is 19.2. The van der Waals surface area contributed by atoms with E-state index in [1.165, 1.54) is 17.8 Å². The Bertz CT molecular complexity index is 963. The molecule has 0 fully saturated rings. The molecule has 0 unspecified atom stereocenters. The quantitative estimate of drug-likeness (QED) is 0.334. The van der Waals surface area contributed by atoms with Gasteiger partial charge >= 0.3 is 0 Å². The standard InChI is InChI=1S/C18H17ClN4O3S/c1-11-8-15(6-7-16(11)19)26-10-17-20-18(22-21-17)27-12(2)13-4-3-5-14(9-13)23(24)25/h3-9,12H,10H2,1-2H3,(H,20,21,22)/t12-/m0/s1. The fourth-order valence-electron chi connectivity index (χ4n) is 2.37. The van der Waals surface area contributed by atoms with Crippen LogP contribution >= 0.6 is 23.4 Å². The van der Waals surface area contributed by atoms with Crippen molar-refractivity contribution in [2.75, 3.05) is 0 Å². The van der Waals surface area contributed by atoms with Crippen LogP contribution in [0.2, 0.25) is 5.02 Å². The average Bonchev–Trinajstić information content (AvgIpc) is 3.10. The number of nitrogens with one attached hydrogen (secondary N) is 1. The number of thioether (sulfide) groups is 1. The molecule has 2 aromatic carbocycles. The summed E-state index contributed by atoms with van der Waals surface area (Å²) in [7, 11) is 0. The van der Waals surface area contributed by atoms with Crippen LogP contribution in [-0.2, 0) is 6.61 Å². The molecular weight excluding hydrogens is 388 g/mol. The third-order valence-corrected chi connectivity index (χ3v) is 5.29. The highest BCUT2D eigenvalue weighted by Crippen LogP contribution is 2.34. The van der Waals surface area contributed by atoms with Crippen LogP contribution in [0.5, 0.6) is 5.75 Å². The predicted molar refractivity (Wildman–Crippen MR) is 104 cm³/mol. The largest absolute Gasteiger partial charge is 0.486 e. The molecule has 1 heterocycles. The van der Waals surface area contributed by atoms with E-state index in [1.54, 1.807) is 24.3 Å². The van der Waals surface area contributed by atoms with Crippen LogP contribution in [0.3, 0.4) is 0 Å². The number of non-ortho nitro benzene ring substituents is 1. The van der Waals surface area contributed by atoms with Crippen LogP contribution in [0, 0.1) is 17.0 Å². The molecule has 27 heavy (non-hydrogen) atoms. The van der Waals surface area contributed by atoms with Gasteiger partial charge in [-0.15, -0.1) is 5.10 Å². The molecule has 0 amide bonds. The lowest BCUT2D eigenvalue weighted by Gasteiger charge is -2.08. The van der Waals surface area contributed by atoms with Crippen molar-refractivity contribution in [2.45, 2.75) is 30.9 Å². The van der Waals surface area contributed by atoms with E-state index < -0.39 is 4.92 Å². The summed E-state index contributed by atoms with van der Waals surface area (Å²) in [5.74, 6) is 1.30. The van der Waals surface area contributed by atoms with Crippen molar-refractivity contribution >= 4 is 29.1 Å². The van der Waals surface area contributed by atoms with Gasteiger partial charge in [-0.05, 0) is 43.2 Å². The minimum atomic E-state index is -0.401. The number of aromatic amines is 1. The Morgan fingerprint density at radius 1 is 1.33 bits per heavy atom. The van der Waals surface area contributed by atoms with Gasteiger partial charge in [0.1, 0.15) is 12.4 Å². The van der Waals surface area contributed by atoms with E-state index in [0.717, 1.165) is 11.1 Å². The highest BCUT2D eigenvalue weighted by Gasteiger charge is 2.15. The van der Waals surface area contributed by atoms with E-state index in [1.807, 2.05) is 26.0 Å². The summed E-state index contributed by atoms with van der Waals surface area (Å²) in [6.07, 6.45) is 0. The lowest BCUT2D eigenvalue weighted by atomic mass is 10.1. The number of nitro benzene ring substituents is 1. The second-order valence-electron chi connectivity index (χ2n) is 5.88. The Balaban J connectivity index is 1.61. The maximum Gasteiger partial charge on any atom is 0.269 e. The van der Waals surface area contributed by atoms with Crippen LogP contribution in [0.25, 0.3) is 0 Å². The zero-order valence-corrected chi connectivity index (χ0v) is 16.3. The van der Waals surface area contributed by atoms with E-state index in [9.17, 15) is 10.1 Å². The molecule has 1 N–H and O–H groups in total. The number of nitrogens with zero attached hydrogens (tertiary/aromatic N) is 3. The Morgan fingerprint density at radius 3 is 2.89 bits per heavy atom. The van der Waals surface area contributed by atoms with Gasteiger partial charge < -0.3 is 4.74 Å². The summed E-state index contributed by atoms with van der Waals surface area (Å²) < 4.78 is 5.70. The van der Waals surface area contributed by atoms with Crippen LogP contribution < -0.4 is 4.74 Å². The van der Waals surface area contributed by atoms with Crippen LogP contribution in [0.4, 0.5) is 5.69 Å². The Labute approximate surface area is 165 Å². The molecule has 0 aliphatic heterocycles. The van der Waals surface area contributed by atoms with Gasteiger partial charge in [0.05, 0.1) is 4.92 Å². The van der Waals surface area contributed by atoms with Gasteiger partial charge in [-0.25, -0.2) is 4.98 Å². The van der Waals surface area contributed by atoms with Crippen molar-refractivity contribution in [3.63, 3.8) is 0 Å². The number of aryl methyl sites for hydroxylation is 1. The van der Waals surface area contributed by atoms with Crippen LogP contribution in [0.1, 0.15) is 29.1 Å². The summed E-state index contributed by atoms with van der Waals surface area (Å²) in [6.45, 7) is 4.11. The number of rotatable bonds is 7. The van der Waals surface area contributed by atoms with E-state index in [2.05, 4.69) is 15.2 Å². The Kier molecular flexibility index (Phi) is 5.98. The maximum absolute atomic E-state index is 10.9. The molecule has 1 atom stereocenters. The summed E-state index contributed by atoms with van der Waals surface area (Å²) in [4.78, 5) is 14.9.